The number of likely N-dealkylation sites (N-methyl/N-ethyl adjacent to an activating group) is 1. The molecule has 3 atom stereocenters. The van der Waals surface area contributed by atoms with E-state index in [1.807, 2.05) is 0 Å². The molecule has 0 bridgehead atoms. The predicted molar refractivity (Wildman–Crippen MR) is 62.0 cm³/mol. The summed E-state index contributed by atoms with van der Waals surface area (Å²) in [6.45, 7) is 6.36. The SMILES string of the molecule is CC1CCC(N(C)CC2CNCCO2)C1. The molecule has 2 rings (SSSR count). The van der Waals surface area contributed by atoms with Crippen molar-refractivity contribution in [2.24, 2.45) is 5.92 Å². The molecule has 0 amide bonds. The van der Waals surface area contributed by atoms with Crippen molar-refractivity contribution in [3.8, 4) is 0 Å². The summed E-state index contributed by atoms with van der Waals surface area (Å²) in [5, 5.41) is 3.39. The molecule has 1 N–H and O–H groups in total. The van der Waals surface area contributed by atoms with Gasteiger partial charge in [-0.1, -0.05) is 6.92 Å². The highest BCUT2D eigenvalue weighted by atomic mass is 16.5. The van der Waals surface area contributed by atoms with Crippen molar-refractivity contribution in [2.45, 2.75) is 38.3 Å². The first-order valence-electron chi connectivity index (χ1n) is 6.28. The van der Waals surface area contributed by atoms with E-state index >= 15 is 0 Å². The Morgan fingerprint density at radius 3 is 2.87 bits per heavy atom. The van der Waals surface area contributed by atoms with Crippen LogP contribution in [0.25, 0.3) is 0 Å². The molecule has 1 saturated carbocycles. The molecule has 88 valence electrons. The third-order valence-corrected chi connectivity index (χ3v) is 3.79. The lowest BCUT2D eigenvalue weighted by atomic mass is 10.1. The zero-order valence-corrected chi connectivity index (χ0v) is 10.0. The standard InChI is InChI=1S/C12H24N2O/c1-10-3-4-11(7-10)14(2)9-12-8-13-5-6-15-12/h10-13H,3-9H2,1-2H3. The molecule has 1 heterocycles. The second-order valence-electron chi connectivity index (χ2n) is 5.21. The topological polar surface area (TPSA) is 24.5 Å². The summed E-state index contributed by atoms with van der Waals surface area (Å²) in [4.78, 5) is 2.50. The van der Waals surface area contributed by atoms with Gasteiger partial charge in [-0.25, -0.2) is 0 Å². The van der Waals surface area contributed by atoms with Crippen molar-refractivity contribution in [1.82, 2.24) is 10.2 Å². The summed E-state index contributed by atoms with van der Waals surface area (Å²) in [5.74, 6) is 0.919. The van der Waals surface area contributed by atoms with E-state index in [2.05, 4.69) is 24.2 Å². The molecule has 1 saturated heterocycles. The summed E-state index contributed by atoms with van der Waals surface area (Å²) < 4.78 is 5.73. The molecule has 0 spiro atoms. The van der Waals surface area contributed by atoms with E-state index in [0.29, 0.717) is 6.10 Å². The van der Waals surface area contributed by atoms with Gasteiger partial charge in [0.15, 0.2) is 0 Å². The molecule has 1 aliphatic carbocycles. The quantitative estimate of drug-likeness (QED) is 0.758. The summed E-state index contributed by atoms with van der Waals surface area (Å²) in [6, 6.07) is 0.797. The van der Waals surface area contributed by atoms with Crippen LogP contribution >= 0.6 is 0 Å². The van der Waals surface area contributed by atoms with Gasteiger partial charge >= 0.3 is 0 Å². The first-order chi connectivity index (χ1) is 7.25. The zero-order valence-electron chi connectivity index (χ0n) is 10.0. The maximum atomic E-state index is 5.73. The highest BCUT2D eigenvalue weighted by molar-refractivity contribution is 4.81. The Morgan fingerprint density at radius 1 is 1.40 bits per heavy atom. The number of morpholine rings is 1. The van der Waals surface area contributed by atoms with Crippen LogP contribution in [-0.4, -0.2) is 50.3 Å². The lowest BCUT2D eigenvalue weighted by Crippen LogP contribution is -2.46. The van der Waals surface area contributed by atoms with E-state index < -0.39 is 0 Å². The van der Waals surface area contributed by atoms with Gasteiger partial charge in [0.05, 0.1) is 12.7 Å². The van der Waals surface area contributed by atoms with Gasteiger partial charge in [0.1, 0.15) is 0 Å². The van der Waals surface area contributed by atoms with Crippen LogP contribution in [0.1, 0.15) is 26.2 Å². The van der Waals surface area contributed by atoms with Gasteiger partial charge in [0.25, 0.3) is 0 Å². The lowest BCUT2D eigenvalue weighted by molar-refractivity contribution is 0.00307. The number of nitrogens with zero attached hydrogens (tertiary/aromatic N) is 1. The van der Waals surface area contributed by atoms with E-state index in [9.17, 15) is 0 Å². The Morgan fingerprint density at radius 2 is 2.27 bits per heavy atom. The Labute approximate surface area is 93.2 Å². The fourth-order valence-electron chi connectivity index (χ4n) is 2.78. The lowest BCUT2D eigenvalue weighted by Gasteiger charge is -2.31. The number of nitrogens with one attached hydrogen (secondary N) is 1. The van der Waals surface area contributed by atoms with Crippen molar-refractivity contribution in [3.05, 3.63) is 0 Å². The Balaban J connectivity index is 1.73. The third kappa shape index (κ3) is 3.16. The molecule has 0 radical (unpaired) electrons. The molecule has 2 fully saturated rings. The Hall–Kier alpha value is -0.120. The molecule has 0 aromatic heterocycles. The van der Waals surface area contributed by atoms with Crippen LogP contribution in [0.4, 0.5) is 0 Å². The van der Waals surface area contributed by atoms with E-state index in [1.165, 1.54) is 19.3 Å². The molecule has 0 aromatic carbocycles. The maximum absolute atomic E-state index is 5.73. The summed E-state index contributed by atoms with van der Waals surface area (Å²) in [6.07, 6.45) is 4.55. The average Bonchev–Trinajstić information content (AvgIpc) is 2.66. The van der Waals surface area contributed by atoms with Gasteiger partial charge in [0.2, 0.25) is 0 Å². The van der Waals surface area contributed by atoms with Crippen LogP contribution in [0, 0.1) is 5.92 Å². The average molecular weight is 212 g/mol. The van der Waals surface area contributed by atoms with Crippen LogP contribution in [-0.2, 0) is 4.74 Å². The normalized spacial score (nSPS) is 37.4. The van der Waals surface area contributed by atoms with Crippen LogP contribution in [0.3, 0.4) is 0 Å². The maximum Gasteiger partial charge on any atom is 0.0826 e. The van der Waals surface area contributed by atoms with Crippen molar-refractivity contribution in [2.75, 3.05) is 33.3 Å². The fraction of sp³-hybridized carbons (Fsp3) is 1.00. The van der Waals surface area contributed by atoms with Gasteiger partial charge < -0.3 is 15.0 Å². The molecular formula is C12H24N2O. The van der Waals surface area contributed by atoms with E-state index in [4.69, 9.17) is 4.74 Å². The molecule has 0 aromatic rings. The summed E-state index contributed by atoms with van der Waals surface area (Å²) in [7, 11) is 2.25. The van der Waals surface area contributed by atoms with Crippen LogP contribution in [0.2, 0.25) is 0 Å². The third-order valence-electron chi connectivity index (χ3n) is 3.79. The van der Waals surface area contributed by atoms with E-state index in [0.717, 1.165) is 38.2 Å². The predicted octanol–water partition coefficient (Wildman–Crippen LogP) is 1.10. The van der Waals surface area contributed by atoms with Gasteiger partial charge in [-0.05, 0) is 32.2 Å². The smallest absolute Gasteiger partial charge is 0.0826 e. The second-order valence-corrected chi connectivity index (χ2v) is 5.21. The monoisotopic (exact) mass is 212 g/mol. The second kappa shape index (κ2) is 5.28. The van der Waals surface area contributed by atoms with Crippen LogP contribution < -0.4 is 5.32 Å². The summed E-state index contributed by atoms with van der Waals surface area (Å²) >= 11 is 0. The molecule has 3 unspecified atom stereocenters. The number of hydrogen-bond acceptors (Lipinski definition) is 3. The van der Waals surface area contributed by atoms with Crippen molar-refractivity contribution < 1.29 is 4.74 Å². The van der Waals surface area contributed by atoms with Gasteiger partial charge in [-0.2, -0.15) is 0 Å². The molecule has 1 aliphatic heterocycles. The van der Waals surface area contributed by atoms with Gasteiger partial charge in [0, 0.05) is 25.7 Å². The minimum Gasteiger partial charge on any atom is -0.374 e. The highest BCUT2D eigenvalue weighted by Gasteiger charge is 2.26. The molecule has 15 heavy (non-hydrogen) atoms. The minimum absolute atomic E-state index is 0.402. The molecule has 2 aliphatic rings. The van der Waals surface area contributed by atoms with Gasteiger partial charge in [-0.3, -0.25) is 0 Å². The van der Waals surface area contributed by atoms with E-state index in [-0.39, 0.29) is 0 Å². The largest absolute Gasteiger partial charge is 0.374 e. The summed E-state index contributed by atoms with van der Waals surface area (Å²) in [5.41, 5.74) is 0. The van der Waals surface area contributed by atoms with Crippen LogP contribution in [0.5, 0.6) is 0 Å². The van der Waals surface area contributed by atoms with Crippen LogP contribution in [0.15, 0.2) is 0 Å². The van der Waals surface area contributed by atoms with Crippen molar-refractivity contribution >= 4 is 0 Å². The Kier molecular flexibility index (Phi) is 4.00. The number of rotatable bonds is 3. The number of hydrogen-bond donors (Lipinski definition) is 1. The minimum atomic E-state index is 0.402. The molecular weight excluding hydrogens is 188 g/mol. The molecule has 3 heteroatoms. The van der Waals surface area contributed by atoms with Crippen molar-refractivity contribution in [3.63, 3.8) is 0 Å². The fourth-order valence-corrected chi connectivity index (χ4v) is 2.78. The first-order valence-corrected chi connectivity index (χ1v) is 6.28. The molecule has 3 nitrogen and oxygen atoms in total. The zero-order chi connectivity index (χ0) is 10.7. The highest BCUT2D eigenvalue weighted by Crippen LogP contribution is 2.28. The first kappa shape index (κ1) is 11.4. The van der Waals surface area contributed by atoms with Crippen molar-refractivity contribution in [1.29, 1.82) is 0 Å². The number of ether oxygens (including phenoxy) is 1. The van der Waals surface area contributed by atoms with Gasteiger partial charge in [-0.15, -0.1) is 0 Å². The Bertz CT molecular complexity index is 192. The van der Waals surface area contributed by atoms with E-state index in [1.54, 1.807) is 0 Å².